The Labute approximate surface area is 139 Å². The third-order valence-electron chi connectivity index (χ3n) is 3.43. The molecule has 0 fully saturated rings. The molecular formula is C18H17N3O3. The molecule has 1 aromatic heterocycles. The number of rotatable bonds is 5. The summed E-state index contributed by atoms with van der Waals surface area (Å²) in [7, 11) is 0. The highest BCUT2D eigenvalue weighted by atomic mass is 16.5. The molecule has 6 heteroatoms. The Morgan fingerprint density at radius 3 is 2.42 bits per heavy atom. The standard InChI is InChI=1S/C18H17N3O3/c1-3-23-15-11-9-14(10-12-15)21-13(2)17(19-20-21)18(22)24-16-7-5-4-6-8-16/h4-12H,3H2,1-2H3. The monoisotopic (exact) mass is 323 g/mol. The predicted molar refractivity (Wildman–Crippen MR) is 88.7 cm³/mol. The number of hydrogen-bond donors (Lipinski definition) is 0. The Morgan fingerprint density at radius 2 is 1.75 bits per heavy atom. The SMILES string of the molecule is CCOc1ccc(-n2nnc(C(=O)Oc3ccccc3)c2C)cc1. The van der Waals surface area contributed by atoms with Crippen LogP contribution in [0.4, 0.5) is 0 Å². The van der Waals surface area contributed by atoms with Crippen molar-refractivity contribution in [2.45, 2.75) is 13.8 Å². The van der Waals surface area contributed by atoms with Crippen LogP contribution in [0.15, 0.2) is 54.6 Å². The van der Waals surface area contributed by atoms with Crippen LogP contribution in [0.25, 0.3) is 5.69 Å². The van der Waals surface area contributed by atoms with Gasteiger partial charge in [-0.2, -0.15) is 0 Å². The van der Waals surface area contributed by atoms with Gasteiger partial charge in [-0.15, -0.1) is 5.10 Å². The summed E-state index contributed by atoms with van der Waals surface area (Å²) < 4.78 is 12.3. The van der Waals surface area contributed by atoms with E-state index in [0.717, 1.165) is 11.4 Å². The minimum Gasteiger partial charge on any atom is -0.494 e. The summed E-state index contributed by atoms with van der Waals surface area (Å²) in [6.07, 6.45) is 0. The fraction of sp³-hybridized carbons (Fsp3) is 0.167. The van der Waals surface area contributed by atoms with Crippen molar-refractivity contribution >= 4 is 5.97 Å². The van der Waals surface area contributed by atoms with Crippen molar-refractivity contribution in [3.63, 3.8) is 0 Å². The molecule has 2 aromatic carbocycles. The molecule has 24 heavy (non-hydrogen) atoms. The highest BCUT2D eigenvalue weighted by molar-refractivity contribution is 5.90. The minimum absolute atomic E-state index is 0.188. The molecule has 6 nitrogen and oxygen atoms in total. The predicted octanol–water partition coefficient (Wildman–Crippen LogP) is 3.19. The molecule has 0 bridgehead atoms. The molecule has 0 aliphatic carbocycles. The molecule has 0 unspecified atom stereocenters. The highest BCUT2D eigenvalue weighted by Gasteiger charge is 2.19. The van der Waals surface area contributed by atoms with Crippen molar-refractivity contribution in [1.82, 2.24) is 15.0 Å². The fourth-order valence-corrected chi connectivity index (χ4v) is 2.26. The third-order valence-corrected chi connectivity index (χ3v) is 3.43. The average Bonchev–Trinajstić information content (AvgIpc) is 2.98. The molecule has 3 aromatic rings. The molecule has 0 aliphatic rings. The van der Waals surface area contributed by atoms with Crippen molar-refractivity contribution in [1.29, 1.82) is 0 Å². The van der Waals surface area contributed by atoms with E-state index in [1.54, 1.807) is 35.9 Å². The summed E-state index contributed by atoms with van der Waals surface area (Å²) in [6.45, 7) is 4.31. The molecule has 0 aliphatic heterocycles. The second kappa shape index (κ2) is 6.95. The maximum atomic E-state index is 12.3. The summed E-state index contributed by atoms with van der Waals surface area (Å²) in [5.74, 6) is 0.719. The second-order valence-corrected chi connectivity index (χ2v) is 5.06. The van der Waals surface area contributed by atoms with Gasteiger partial charge in [-0.3, -0.25) is 0 Å². The topological polar surface area (TPSA) is 66.2 Å². The van der Waals surface area contributed by atoms with Gasteiger partial charge in [0.1, 0.15) is 11.5 Å². The van der Waals surface area contributed by atoms with Crippen LogP contribution in [0.3, 0.4) is 0 Å². The smallest absolute Gasteiger partial charge is 0.366 e. The molecule has 0 saturated heterocycles. The van der Waals surface area contributed by atoms with Crippen molar-refractivity contribution < 1.29 is 14.3 Å². The lowest BCUT2D eigenvalue weighted by atomic mass is 10.3. The van der Waals surface area contributed by atoms with Crippen LogP contribution in [0.1, 0.15) is 23.1 Å². The van der Waals surface area contributed by atoms with E-state index in [-0.39, 0.29) is 5.69 Å². The third kappa shape index (κ3) is 3.27. The van der Waals surface area contributed by atoms with Gasteiger partial charge in [-0.25, -0.2) is 9.48 Å². The lowest BCUT2D eigenvalue weighted by Crippen LogP contribution is -2.11. The maximum absolute atomic E-state index is 12.3. The number of carbonyl (C=O) groups is 1. The van der Waals surface area contributed by atoms with Crippen molar-refractivity contribution in [3.8, 4) is 17.2 Å². The zero-order chi connectivity index (χ0) is 16.9. The normalized spacial score (nSPS) is 10.4. The van der Waals surface area contributed by atoms with Gasteiger partial charge >= 0.3 is 5.97 Å². The van der Waals surface area contributed by atoms with Crippen LogP contribution in [0.5, 0.6) is 11.5 Å². The highest BCUT2D eigenvalue weighted by Crippen LogP contribution is 2.18. The molecule has 3 rings (SSSR count). The first kappa shape index (κ1) is 15.7. The number of ether oxygens (including phenoxy) is 2. The van der Waals surface area contributed by atoms with Crippen LogP contribution in [-0.2, 0) is 0 Å². The summed E-state index contributed by atoms with van der Waals surface area (Å²) >= 11 is 0. The Kier molecular flexibility index (Phi) is 4.56. The fourth-order valence-electron chi connectivity index (χ4n) is 2.26. The number of hydrogen-bond acceptors (Lipinski definition) is 5. The van der Waals surface area contributed by atoms with Crippen molar-refractivity contribution in [2.24, 2.45) is 0 Å². The number of benzene rings is 2. The Balaban J connectivity index is 1.81. The first-order valence-corrected chi connectivity index (χ1v) is 7.62. The first-order valence-electron chi connectivity index (χ1n) is 7.62. The number of aromatic nitrogens is 3. The summed E-state index contributed by atoms with van der Waals surface area (Å²) in [4.78, 5) is 12.3. The van der Waals surface area contributed by atoms with Crippen LogP contribution in [0.2, 0.25) is 0 Å². The molecular weight excluding hydrogens is 306 g/mol. The first-order chi connectivity index (χ1) is 11.7. The van der Waals surface area contributed by atoms with E-state index >= 15 is 0 Å². The van der Waals surface area contributed by atoms with Gasteiger partial charge < -0.3 is 9.47 Å². The number of nitrogens with zero attached hydrogens (tertiary/aromatic N) is 3. The van der Waals surface area contributed by atoms with Crippen LogP contribution in [-0.4, -0.2) is 27.6 Å². The molecule has 0 radical (unpaired) electrons. The minimum atomic E-state index is -0.532. The van der Waals surface area contributed by atoms with Gasteiger partial charge in [0.2, 0.25) is 0 Å². The van der Waals surface area contributed by atoms with Crippen molar-refractivity contribution in [2.75, 3.05) is 6.61 Å². The van der Waals surface area contributed by atoms with Gasteiger partial charge in [0.15, 0.2) is 5.69 Å². The molecule has 0 amide bonds. The largest absolute Gasteiger partial charge is 0.494 e. The summed E-state index contributed by atoms with van der Waals surface area (Å²) in [5.41, 5.74) is 1.59. The molecule has 0 spiro atoms. The number of carbonyl (C=O) groups excluding carboxylic acids is 1. The van der Waals surface area contributed by atoms with E-state index in [0.29, 0.717) is 18.1 Å². The van der Waals surface area contributed by atoms with Gasteiger partial charge in [-0.1, -0.05) is 23.4 Å². The summed E-state index contributed by atoms with van der Waals surface area (Å²) in [5, 5.41) is 8.00. The Morgan fingerprint density at radius 1 is 1.04 bits per heavy atom. The maximum Gasteiger partial charge on any atom is 0.366 e. The molecule has 122 valence electrons. The summed E-state index contributed by atoms with van der Waals surface area (Å²) in [6, 6.07) is 16.3. The van der Waals surface area contributed by atoms with Gasteiger partial charge in [0.05, 0.1) is 18.0 Å². The van der Waals surface area contributed by atoms with E-state index in [2.05, 4.69) is 10.3 Å². The van der Waals surface area contributed by atoms with E-state index in [9.17, 15) is 4.79 Å². The molecule has 0 saturated carbocycles. The van der Waals surface area contributed by atoms with E-state index < -0.39 is 5.97 Å². The quantitative estimate of drug-likeness (QED) is 0.533. The zero-order valence-corrected chi connectivity index (χ0v) is 13.5. The molecule has 0 N–H and O–H groups in total. The number of esters is 1. The van der Waals surface area contributed by atoms with Crippen LogP contribution in [0, 0.1) is 6.92 Å². The number of para-hydroxylation sites is 1. The Hall–Kier alpha value is -3.15. The van der Waals surface area contributed by atoms with Gasteiger partial charge in [-0.05, 0) is 50.2 Å². The van der Waals surface area contributed by atoms with Gasteiger partial charge in [0.25, 0.3) is 0 Å². The van der Waals surface area contributed by atoms with Crippen molar-refractivity contribution in [3.05, 3.63) is 66.0 Å². The zero-order valence-electron chi connectivity index (χ0n) is 13.5. The second-order valence-electron chi connectivity index (χ2n) is 5.06. The molecule has 0 atom stereocenters. The lowest BCUT2D eigenvalue weighted by molar-refractivity contribution is 0.0727. The molecule has 1 heterocycles. The van der Waals surface area contributed by atoms with E-state index in [1.165, 1.54) is 0 Å². The van der Waals surface area contributed by atoms with Gasteiger partial charge in [0, 0.05) is 0 Å². The average molecular weight is 323 g/mol. The van der Waals surface area contributed by atoms with Crippen LogP contribution >= 0.6 is 0 Å². The van der Waals surface area contributed by atoms with Crippen LogP contribution < -0.4 is 9.47 Å². The van der Waals surface area contributed by atoms with E-state index in [4.69, 9.17) is 9.47 Å². The lowest BCUT2D eigenvalue weighted by Gasteiger charge is -2.06. The van der Waals surface area contributed by atoms with E-state index in [1.807, 2.05) is 37.3 Å². The Bertz CT molecular complexity index is 826.